The number of hydrogen-bond donors (Lipinski definition) is 1. The third kappa shape index (κ3) is 3.17. The van der Waals surface area contributed by atoms with Crippen molar-refractivity contribution in [3.63, 3.8) is 0 Å². The fourth-order valence-corrected chi connectivity index (χ4v) is 0.973. The van der Waals surface area contributed by atoms with Gasteiger partial charge in [-0.05, 0) is 31.2 Å². The summed E-state index contributed by atoms with van der Waals surface area (Å²) in [6.07, 6.45) is -4.27. The Hall–Kier alpha value is -1.70. The van der Waals surface area contributed by atoms with E-state index in [4.69, 9.17) is 5.26 Å². The van der Waals surface area contributed by atoms with E-state index in [1.54, 1.807) is 0 Å². The van der Waals surface area contributed by atoms with Gasteiger partial charge in [-0.15, -0.1) is 0 Å². The van der Waals surface area contributed by atoms with Crippen LogP contribution in [0.1, 0.15) is 12.5 Å². The first-order valence-corrected chi connectivity index (χ1v) is 4.27. The van der Waals surface area contributed by atoms with Crippen molar-refractivity contribution in [2.45, 2.75) is 19.1 Å². The van der Waals surface area contributed by atoms with Gasteiger partial charge in [-0.2, -0.15) is 18.4 Å². The van der Waals surface area contributed by atoms with Gasteiger partial charge < -0.3 is 5.32 Å². The molecule has 0 unspecified atom stereocenters. The minimum atomic E-state index is -4.27. The van der Waals surface area contributed by atoms with Crippen molar-refractivity contribution in [3.8, 4) is 6.07 Å². The zero-order valence-electron chi connectivity index (χ0n) is 7.97. The molecule has 1 aromatic carbocycles. The fraction of sp³-hybridized carbons (Fsp3) is 0.300. The minimum absolute atomic E-state index is 0.346. The number of nitrogens with one attached hydrogen (secondary N) is 1. The van der Waals surface area contributed by atoms with E-state index in [-0.39, 0.29) is 0 Å². The fourth-order valence-electron chi connectivity index (χ4n) is 0.973. The van der Waals surface area contributed by atoms with Crippen LogP contribution in [0, 0.1) is 11.3 Å². The summed E-state index contributed by atoms with van der Waals surface area (Å²) in [7, 11) is 0. The van der Waals surface area contributed by atoms with Crippen molar-refractivity contribution in [3.05, 3.63) is 29.8 Å². The third-order valence-electron chi connectivity index (χ3n) is 1.89. The molecular formula is C10H9F3N2. The number of nitrogens with zero attached hydrogens (tertiary/aromatic N) is 1. The highest BCUT2D eigenvalue weighted by Gasteiger charge is 2.35. The molecule has 0 amide bonds. The number of halogens is 3. The summed E-state index contributed by atoms with van der Waals surface area (Å²) in [6, 6.07) is 6.10. The standard InChI is InChI=1S/C10H9F3N2/c1-7(10(11,12)13)15-9-4-2-8(6-14)3-5-9/h2-5,7,15H,1H3/t7-/m1/s1. The smallest absolute Gasteiger partial charge is 0.374 e. The molecule has 0 aliphatic rings. The van der Waals surface area contributed by atoms with Crippen molar-refractivity contribution in [2.75, 3.05) is 5.32 Å². The number of benzene rings is 1. The van der Waals surface area contributed by atoms with Crippen LogP contribution in [0.2, 0.25) is 0 Å². The molecular weight excluding hydrogens is 205 g/mol. The molecule has 5 heteroatoms. The minimum Gasteiger partial charge on any atom is -0.374 e. The molecule has 1 rings (SSSR count). The molecule has 0 radical (unpaired) electrons. The molecule has 0 aromatic heterocycles. The van der Waals surface area contributed by atoms with E-state index in [1.807, 2.05) is 6.07 Å². The van der Waals surface area contributed by atoms with E-state index >= 15 is 0 Å². The summed E-state index contributed by atoms with van der Waals surface area (Å²) in [6.45, 7) is 1.04. The average Bonchev–Trinajstić information content (AvgIpc) is 2.17. The SMILES string of the molecule is C[C@@H](Nc1ccc(C#N)cc1)C(F)(F)F. The lowest BCUT2D eigenvalue weighted by Crippen LogP contribution is -2.32. The Labute approximate surface area is 85.3 Å². The first-order valence-electron chi connectivity index (χ1n) is 4.27. The van der Waals surface area contributed by atoms with Crippen LogP contribution in [0.5, 0.6) is 0 Å². The van der Waals surface area contributed by atoms with Gasteiger partial charge in [0.25, 0.3) is 0 Å². The highest BCUT2D eigenvalue weighted by atomic mass is 19.4. The maximum Gasteiger partial charge on any atom is 0.408 e. The monoisotopic (exact) mass is 214 g/mol. The maximum absolute atomic E-state index is 12.2. The third-order valence-corrected chi connectivity index (χ3v) is 1.89. The molecule has 2 nitrogen and oxygen atoms in total. The van der Waals surface area contributed by atoms with Crippen LogP contribution in [0.3, 0.4) is 0 Å². The van der Waals surface area contributed by atoms with Gasteiger partial charge in [0.05, 0.1) is 11.6 Å². The normalized spacial score (nSPS) is 13.0. The topological polar surface area (TPSA) is 35.8 Å². The molecule has 1 N–H and O–H groups in total. The second kappa shape index (κ2) is 4.22. The van der Waals surface area contributed by atoms with Crippen LogP contribution < -0.4 is 5.32 Å². The van der Waals surface area contributed by atoms with Crippen LogP contribution in [0.4, 0.5) is 18.9 Å². The first-order chi connectivity index (χ1) is 6.93. The van der Waals surface area contributed by atoms with Gasteiger partial charge in [-0.25, -0.2) is 0 Å². The Bertz CT molecular complexity index is 362. The van der Waals surface area contributed by atoms with E-state index in [0.29, 0.717) is 11.3 Å². The Morgan fingerprint density at radius 1 is 1.27 bits per heavy atom. The zero-order valence-corrected chi connectivity index (χ0v) is 7.97. The molecule has 0 spiro atoms. The summed E-state index contributed by atoms with van der Waals surface area (Å²) in [4.78, 5) is 0. The lowest BCUT2D eigenvalue weighted by atomic mass is 10.2. The zero-order chi connectivity index (χ0) is 11.5. The van der Waals surface area contributed by atoms with E-state index in [0.717, 1.165) is 6.92 Å². The second-order valence-electron chi connectivity index (χ2n) is 3.10. The van der Waals surface area contributed by atoms with E-state index < -0.39 is 12.2 Å². The summed E-state index contributed by atoms with van der Waals surface area (Å²) in [5, 5.41) is 10.8. The highest BCUT2D eigenvalue weighted by Crippen LogP contribution is 2.23. The molecule has 80 valence electrons. The molecule has 0 aliphatic heterocycles. The van der Waals surface area contributed by atoms with Crippen molar-refractivity contribution >= 4 is 5.69 Å². The van der Waals surface area contributed by atoms with Gasteiger partial charge in [0.2, 0.25) is 0 Å². The van der Waals surface area contributed by atoms with Gasteiger partial charge in [0.15, 0.2) is 0 Å². The van der Waals surface area contributed by atoms with Crippen LogP contribution in [0.25, 0.3) is 0 Å². The molecule has 0 fully saturated rings. The molecule has 0 heterocycles. The molecule has 15 heavy (non-hydrogen) atoms. The molecule has 0 bridgehead atoms. The summed E-state index contributed by atoms with van der Waals surface area (Å²) < 4.78 is 36.5. The number of alkyl halides is 3. The molecule has 1 aromatic rings. The number of hydrogen-bond acceptors (Lipinski definition) is 2. The summed E-state index contributed by atoms with van der Waals surface area (Å²) >= 11 is 0. The van der Waals surface area contributed by atoms with Gasteiger partial charge in [-0.1, -0.05) is 0 Å². The first kappa shape index (κ1) is 11.4. The number of rotatable bonds is 2. The van der Waals surface area contributed by atoms with Crippen molar-refractivity contribution in [1.82, 2.24) is 0 Å². The largest absolute Gasteiger partial charge is 0.408 e. The van der Waals surface area contributed by atoms with Crippen LogP contribution in [-0.4, -0.2) is 12.2 Å². The predicted octanol–water partition coefficient (Wildman–Crippen LogP) is 2.92. The second-order valence-corrected chi connectivity index (χ2v) is 3.10. The van der Waals surface area contributed by atoms with E-state index in [9.17, 15) is 13.2 Å². The Balaban J connectivity index is 2.70. The summed E-state index contributed by atoms with van der Waals surface area (Å²) in [5.74, 6) is 0. The van der Waals surface area contributed by atoms with Crippen molar-refractivity contribution in [2.24, 2.45) is 0 Å². The lowest BCUT2D eigenvalue weighted by molar-refractivity contribution is -0.138. The van der Waals surface area contributed by atoms with Gasteiger partial charge in [-0.3, -0.25) is 0 Å². The molecule has 0 saturated carbocycles. The van der Waals surface area contributed by atoms with Gasteiger partial charge in [0.1, 0.15) is 6.04 Å². The number of nitriles is 1. The van der Waals surface area contributed by atoms with Gasteiger partial charge in [0, 0.05) is 5.69 Å². The maximum atomic E-state index is 12.2. The lowest BCUT2D eigenvalue weighted by Gasteiger charge is -2.18. The van der Waals surface area contributed by atoms with Gasteiger partial charge >= 0.3 is 6.18 Å². The Morgan fingerprint density at radius 2 is 1.80 bits per heavy atom. The van der Waals surface area contributed by atoms with Crippen LogP contribution in [-0.2, 0) is 0 Å². The molecule has 0 aliphatic carbocycles. The van der Waals surface area contributed by atoms with Crippen molar-refractivity contribution in [1.29, 1.82) is 5.26 Å². The predicted molar refractivity (Wildman–Crippen MR) is 50.3 cm³/mol. The van der Waals surface area contributed by atoms with E-state index in [1.165, 1.54) is 24.3 Å². The molecule has 1 atom stereocenters. The molecule has 0 saturated heterocycles. The van der Waals surface area contributed by atoms with Crippen molar-refractivity contribution < 1.29 is 13.2 Å². The summed E-state index contributed by atoms with van der Waals surface area (Å²) in [5.41, 5.74) is 0.763. The Morgan fingerprint density at radius 3 is 2.20 bits per heavy atom. The average molecular weight is 214 g/mol. The highest BCUT2D eigenvalue weighted by molar-refractivity contribution is 5.47. The van der Waals surface area contributed by atoms with Crippen LogP contribution >= 0.6 is 0 Å². The van der Waals surface area contributed by atoms with Crippen LogP contribution in [0.15, 0.2) is 24.3 Å². The number of anilines is 1. The quantitative estimate of drug-likeness (QED) is 0.821. The van der Waals surface area contributed by atoms with E-state index in [2.05, 4.69) is 5.32 Å². The Kier molecular flexibility index (Phi) is 3.20.